The van der Waals surface area contributed by atoms with Gasteiger partial charge in [-0.3, -0.25) is 14.4 Å². The van der Waals surface area contributed by atoms with Crippen LogP contribution >= 0.6 is 0 Å². The maximum absolute atomic E-state index is 12.7. The Hall–Kier alpha value is -3.13. The molecule has 1 saturated heterocycles. The number of fused-ring (bicyclic) bond motifs is 1. The molecule has 0 N–H and O–H groups in total. The normalized spacial score (nSPS) is 20.7. The molecule has 2 atom stereocenters. The van der Waals surface area contributed by atoms with Crippen LogP contribution in [0.4, 0.5) is 0 Å². The van der Waals surface area contributed by atoms with Crippen LogP contribution in [0.1, 0.15) is 59.5 Å². The zero-order valence-corrected chi connectivity index (χ0v) is 16.3. The molecule has 0 saturated carbocycles. The Balaban J connectivity index is 1.31. The van der Waals surface area contributed by atoms with Crippen molar-refractivity contribution in [1.29, 1.82) is 0 Å². The number of hydrogen-bond donors (Lipinski definition) is 0. The fraction of sp³-hybridized carbons (Fsp3) is 0.381. The van der Waals surface area contributed by atoms with Crippen molar-refractivity contribution >= 4 is 5.71 Å². The Kier molecular flexibility index (Phi) is 4.35. The second kappa shape index (κ2) is 7.04. The summed E-state index contributed by atoms with van der Waals surface area (Å²) >= 11 is 0. The molecule has 8 nitrogen and oxygen atoms in total. The Morgan fingerprint density at radius 1 is 1.21 bits per heavy atom. The van der Waals surface area contributed by atoms with Crippen LogP contribution in [-0.4, -0.2) is 32.0 Å². The molecular weight excluding hydrogens is 370 g/mol. The molecule has 3 aromatic rings. The SMILES string of the molecule is CC1=NCc2ncn(Cc3nc([C@@H]4CO[C@@H](c5ccc(C)cc5)C4)no3)c(=O)c21. The Labute approximate surface area is 167 Å². The zero-order valence-electron chi connectivity index (χ0n) is 16.3. The fourth-order valence-electron chi connectivity index (χ4n) is 3.86. The second-order valence-corrected chi connectivity index (χ2v) is 7.61. The third kappa shape index (κ3) is 3.29. The first-order chi connectivity index (χ1) is 14.1. The molecule has 0 unspecified atom stereocenters. The summed E-state index contributed by atoms with van der Waals surface area (Å²) in [6.45, 7) is 5.10. The van der Waals surface area contributed by atoms with Gasteiger partial charge in [0, 0.05) is 11.6 Å². The number of aromatic nitrogens is 4. The largest absolute Gasteiger partial charge is 0.373 e. The standard InChI is InChI=1S/C21H21N5O3/c1-12-3-5-14(6-4-12)17-7-15(10-28-17)20-24-18(29-25-20)9-26-11-23-16-8-22-13(2)19(16)21(26)27/h3-6,11,15,17H,7-10H2,1-2H3/t15-,17+/m0/s1. The third-order valence-corrected chi connectivity index (χ3v) is 5.54. The molecule has 0 bridgehead atoms. The first-order valence-corrected chi connectivity index (χ1v) is 9.69. The van der Waals surface area contributed by atoms with Crippen LogP contribution in [0, 0.1) is 6.92 Å². The molecule has 29 heavy (non-hydrogen) atoms. The van der Waals surface area contributed by atoms with E-state index < -0.39 is 0 Å². The monoisotopic (exact) mass is 391 g/mol. The van der Waals surface area contributed by atoms with E-state index in [1.54, 1.807) is 0 Å². The lowest BCUT2D eigenvalue weighted by molar-refractivity contribution is 0.110. The molecule has 0 aliphatic carbocycles. The fourth-order valence-corrected chi connectivity index (χ4v) is 3.86. The van der Waals surface area contributed by atoms with E-state index in [0.29, 0.717) is 30.4 Å². The van der Waals surface area contributed by atoms with Crippen molar-refractivity contribution in [3.8, 4) is 0 Å². The maximum atomic E-state index is 12.7. The van der Waals surface area contributed by atoms with E-state index in [1.807, 2.05) is 6.92 Å². The summed E-state index contributed by atoms with van der Waals surface area (Å²) in [6, 6.07) is 8.38. The smallest absolute Gasteiger partial charge is 0.263 e. The van der Waals surface area contributed by atoms with E-state index in [-0.39, 0.29) is 24.1 Å². The molecule has 4 heterocycles. The number of aliphatic imine (C=N–C) groups is 1. The van der Waals surface area contributed by atoms with E-state index >= 15 is 0 Å². The van der Waals surface area contributed by atoms with E-state index in [0.717, 1.165) is 23.4 Å². The number of aryl methyl sites for hydroxylation is 1. The van der Waals surface area contributed by atoms with Gasteiger partial charge in [-0.2, -0.15) is 4.98 Å². The minimum Gasteiger partial charge on any atom is -0.373 e. The third-order valence-electron chi connectivity index (χ3n) is 5.54. The number of rotatable bonds is 4. The molecule has 2 aliphatic heterocycles. The predicted octanol–water partition coefficient (Wildman–Crippen LogP) is 2.55. The van der Waals surface area contributed by atoms with Crippen molar-refractivity contribution in [2.24, 2.45) is 4.99 Å². The molecular formula is C21H21N5O3. The van der Waals surface area contributed by atoms with Gasteiger partial charge in [-0.05, 0) is 25.8 Å². The molecule has 5 rings (SSSR count). The summed E-state index contributed by atoms with van der Waals surface area (Å²) in [6.07, 6.45) is 2.36. The van der Waals surface area contributed by atoms with Crippen LogP contribution in [0.15, 0.2) is 44.9 Å². The highest BCUT2D eigenvalue weighted by atomic mass is 16.5. The number of hydrogen-bond acceptors (Lipinski definition) is 7. The predicted molar refractivity (Wildman–Crippen MR) is 105 cm³/mol. The summed E-state index contributed by atoms with van der Waals surface area (Å²) in [7, 11) is 0. The highest BCUT2D eigenvalue weighted by Crippen LogP contribution is 2.37. The lowest BCUT2D eigenvalue weighted by atomic mass is 9.99. The number of nitrogens with zero attached hydrogens (tertiary/aromatic N) is 5. The topological polar surface area (TPSA) is 95.4 Å². The average Bonchev–Trinajstić information content (AvgIpc) is 3.45. The van der Waals surface area contributed by atoms with Gasteiger partial charge in [-0.25, -0.2) is 4.98 Å². The van der Waals surface area contributed by atoms with Crippen molar-refractivity contribution < 1.29 is 9.26 Å². The van der Waals surface area contributed by atoms with Gasteiger partial charge in [0.05, 0.1) is 36.8 Å². The molecule has 148 valence electrons. The minimum absolute atomic E-state index is 0.0355. The van der Waals surface area contributed by atoms with E-state index in [4.69, 9.17) is 9.26 Å². The first kappa shape index (κ1) is 17.9. The molecule has 0 spiro atoms. The van der Waals surface area contributed by atoms with Gasteiger partial charge < -0.3 is 9.26 Å². The minimum atomic E-state index is -0.128. The van der Waals surface area contributed by atoms with Gasteiger partial charge in [0.2, 0.25) is 5.89 Å². The van der Waals surface area contributed by atoms with Gasteiger partial charge in [0.25, 0.3) is 5.56 Å². The molecule has 1 aromatic carbocycles. The summed E-state index contributed by atoms with van der Waals surface area (Å²) in [4.78, 5) is 25.8. The summed E-state index contributed by atoms with van der Waals surface area (Å²) < 4.78 is 12.8. The van der Waals surface area contributed by atoms with E-state index in [1.165, 1.54) is 16.5 Å². The molecule has 2 aliphatic rings. The average molecular weight is 391 g/mol. The second-order valence-electron chi connectivity index (χ2n) is 7.61. The summed E-state index contributed by atoms with van der Waals surface area (Å²) in [5.74, 6) is 1.08. The van der Waals surface area contributed by atoms with Crippen LogP contribution in [0.5, 0.6) is 0 Å². The maximum Gasteiger partial charge on any atom is 0.263 e. The molecule has 1 fully saturated rings. The van der Waals surface area contributed by atoms with Crippen LogP contribution in [-0.2, 0) is 17.8 Å². The van der Waals surface area contributed by atoms with Crippen LogP contribution < -0.4 is 5.56 Å². The van der Waals surface area contributed by atoms with Crippen LogP contribution in [0.3, 0.4) is 0 Å². The lowest BCUT2D eigenvalue weighted by Gasteiger charge is -2.09. The Bertz CT molecular complexity index is 1150. The van der Waals surface area contributed by atoms with Gasteiger partial charge in [0.15, 0.2) is 5.82 Å². The first-order valence-electron chi connectivity index (χ1n) is 9.69. The van der Waals surface area contributed by atoms with Gasteiger partial charge in [-0.1, -0.05) is 35.0 Å². The van der Waals surface area contributed by atoms with Crippen molar-refractivity contribution in [3.05, 3.63) is 75.0 Å². The van der Waals surface area contributed by atoms with Crippen molar-refractivity contribution in [1.82, 2.24) is 19.7 Å². The van der Waals surface area contributed by atoms with Gasteiger partial charge in [-0.15, -0.1) is 0 Å². The highest BCUT2D eigenvalue weighted by molar-refractivity contribution is 6.01. The Morgan fingerprint density at radius 2 is 2.03 bits per heavy atom. The van der Waals surface area contributed by atoms with Crippen molar-refractivity contribution in [2.45, 2.75) is 45.4 Å². The van der Waals surface area contributed by atoms with Crippen molar-refractivity contribution in [3.63, 3.8) is 0 Å². The van der Waals surface area contributed by atoms with E-state index in [9.17, 15) is 4.79 Å². The molecule has 0 radical (unpaired) electrons. The van der Waals surface area contributed by atoms with E-state index in [2.05, 4.69) is 51.3 Å². The zero-order chi connectivity index (χ0) is 20.0. The van der Waals surface area contributed by atoms with Gasteiger partial charge in [0.1, 0.15) is 6.54 Å². The Morgan fingerprint density at radius 3 is 2.86 bits per heavy atom. The molecule has 0 amide bonds. The lowest BCUT2D eigenvalue weighted by Crippen LogP contribution is -2.27. The summed E-state index contributed by atoms with van der Waals surface area (Å²) in [5.41, 5.74) is 4.29. The molecule has 2 aromatic heterocycles. The number of ether oxygens (including phenoxy) is 1. The highest BCUT2D eigenvalue weighted by Gasteiger charge is 2.31. The van der Waals surface area contributed by atoms with Crippen LogP contribution in [0.25, 0.3) is 0 Å². The van der Waals surface area contributed by atoms with Crippen LogP contribution in [0.2, 0.25) is 0 Å². The summed E-state index contributed by atoms with van der Waals surface area (Å²) in [5, 5.41) is 4.13. The molecule has 8 heteroatoms. The quantitative estimate of drug-likeness (QED) is 0.678. The van der Waals surface area contributed by atoms with Gasteiger partial charge >= 0.3 is 0 Å². The number of benzene rings is 1. The van der Waals surface area contributed by atoms with Crippen molar-refractivity contribution in [2.75, 3.05) is 6.61 Å².